The molecule has 0 radical (unpaired) electrons. The number of carbonyl (C=O) groups excluding carboxylic acids is 3. The van der Waals surface area contributed by atoms with Crippen molar-refractivity contribution in [2.45, 2.75) is 51.1 Å². The summed E-state index contributed by atoms with van der Waals surface area (Å²) in [6.07, 6.45) is 0.916. The van der Waals surface area contributed by atoms with Crippen LogP contribution in [0.25, 0.3) is 11.3 Å². The van der Waals surface area contributed by atoms with E-state index in [1.165, 1.54) is 23.0 Å². The lowest BCUT2D eigenvalue weighted by molar-refractivity contribution is -0.123. The number of likely N-dealkylation sites (N-methyl/N-ethyl adjacent to an activating group) is 1. The van der Waals surface area contributed by atoms with Gasteiger partial charge in [-0.05, 0) is 38.8 Å². The van der Waals surface area contributed by atoms with Gasteiger partial charge in [0, 0.05) is 37.0 Å². The molecule has 9 nitrogen and oxygen atoms in total. The van der Waals surface area contributed by atoms with Crippen LogP contribution in [-0.4, -0.2) is 64.6 Å². The van der Waals surface area contributed by atoms with E-state index < -0.39 is 34.4 Å². The second-order valence-electron chi connectivity index (χ2n) is 9.43. The number of halogens is 2. The summed E-state index contributed by atoms with van der Waals surface area (Å²) in [6.45, 7) is 8.96. The minimum atomic E-state index is -1.30. The van der Waals surface area contributed by atoms with Crippen molar-refractivity contribution in [1.29, 1.82) is 0 Å². The third-order valence-corrected chi connectivity index (χ3v) is 5.32. The summed E-state index contributed by atoms with van der Waals surface area (Å²) in [5, 5.41) is 6.62. The zero-order valence-corrected chi connectivity index (χ0v) is 22.3. The third kappa shape index (κ3) is 8.74. The Hall–Kier alpha value is -2.78. The number of ether oxygens (including phenoxy) is 1. The summed E-state index contributed by atoms with van der Waals surface area (Å²) >= 11 is 11.9. The van der Waals surface area contributed by atoms with E-state index in [-0.39, 0.29) is 19.0 Å². The standard InChI is InChI=1S/C24H32Cl2N4O5/c1-15(2)18(28-20(31)14-29(6)23(33)34-24(3,4)5)13-30(22(32)21(25)26)17-9-7-8-16(12-17)19-10-11-27-35-19/h7-12,15,18,21H,13-14H2,1-6H3,(H,28,31)/t18-/m1/s1. The molecular weight excluding hydrogens is 495 g/mol. The molecule has 0 fully saturated rings. The molecule has 35 heavy (non-hydrogen) atoms. The van der Waals surface area contributed by atoms with Crippen LogP contribution in [0.5, 0.6) is 0 Å². The number of nitrogens with one attached hydrogen (secondary N) is 1. The Labute approximate surface area is 215 Å². The van der Waals surface area contributed by atoms with Gasteiger partial charge in [0.15, 0.2) is 10.6 Å². The molecule has 0 spiro atoms. The number of aromatic nitrogens is 1. The van der Waals surface area contributed by atoms with E-state index >= 15 is 0 Å². The van der Waals surface area contributed by atoms with Crippen LogP contribution < -0.4 is 10.2 Å². The van der Waals surface area contributed by atoms with Crippen LogP contribution in [0.15, 0.2) is 41.1 Å². The van der Waals surface area contributed by atoms with Gasteiger partial charge in [0.2, 0.25) is 5.91 Å². The average Bonchev–Trinajstić information content (AvgIpc) is 3.29. The molecule has 192 valence electrons. The van der Waals surface area contributed by atoms with Gasteiger partial charge in [-0.15, -0.1) is 0 Å². The lowest BCUT2D eigenvalue weighted by atomic mass is 10.0. The molecule has 1 atom stereocenters. The Morgan fingerprint density at radius 3 is 2.40 bits per heavy atom. The molecule has 0 saturated heterocycles. The number of rotatable bonds is 9. The Bertz CT molecular complexity index is 1010. The summed E-state index contributed by atoms with van der Waals surface area (Å²) < 4.78 is 10.5. The number of alkyl halides is 2. The minimum absolute atomic E-state index is 0.0531. The van der Waals surface area contributed by atoms with E-state index in [1.807, 2.05) is 19.9 Å². The van der Waals surface area contributed by atoms with Crippen molar-refractivity contribution in [3.63, 3.8) is 0 Å². The average molecular weight is 527 g/mol. The highest BCUT2D eigenvalue weighted by molar-refractivity contribution is 6.54. The van der Waals surface area contributed by atoms with Gasteiger partial charge >= 0.3 is 6.09 Å². The van der Waals surface area contributed by atoms with Crippen LogP contribution in [0.1, 0.15) is 34.6 Å². The molecule has 0 saturated carbocycles. The van der Waals surface area contributed by atoms with Crippen LogP contribution >= 0.6 is 23.2 Å². The van der Waals surface area contributed by atoms with Crippen molar-refractivity contribution in [2.75, 3.05) is 25.0 Å². The molecule has 2 aromatic rings. The molecule has 0 bridgehead atoms. The van der Waals surface area contributed by atoms with Crippen LogP contribution in [0, 0.1) is 5.92 Å². The highest BCUT2D eigenvalue weighted by Crippen LogP contribution is 2.26. The maximum atomic E-state index is 12.9. The molecule has 1 aromatic heterocycles. The number of anilines is 1. The smallest absolute Gasteiger partial charge is 0.410 e. The lowest BCUT2D eigenvalue weighted by Crippen LogP contribution is -2.52. The SMILES string of the molecule is CC(C)[C@@H](CN(C(=O)C(Cl)Cl)c1cccc(-c2ccno2)c1)NC(=O)CN(C)C(=O)OC(C)(C)C. The summed E-state index contributed by atoms with van der Waals surface area (Å²) in [5.74, 6) is -0.448. The fourth-order valence-electron chi connectivity index (χ4n) is 3.12. The van der Waals surface area contributed by atoms with Crippen molar-refractivity contribution < 1.29 is 23.6 Å². The molecule has 0 unspecified atom stereocenters. The molecule has 1 N–H and O–H groups in total. The van der Waals surface area contributed by atoms with Gasteiger partial charge in [0.25, 0.3) is 5.91 Å². The van der Waals surface area contributed by atoms with Crippen LogP contribution in [-0.2, 0) is 14.3 Å². The number of hydrogen-bond acceptors (Lipinski definition) is 6. The lowest BCUT2D eigenvalue weighted by Gasteiger charge is -2.31. The zero-order valence-electron chi connectivity index (χ0n) is 20.7. The van der Waals surface area contributed by atoms with Gasteiger partial charge in [0.1, 0.15) is 12.1 Å². The summed E-state index contributed by atoms with van der Waals surface area (Å²) in [7, 11) is 1.48. The van der Waals surface area contributed by atoms with Gasteiger partial charge in [-0.3, -0.25) is 9.59 Å². The van der Waals surface area contributed by atoms with Gasteiger partial charge in [-0.25, -0.2) is 4.79 Å². The van der Waals surface area contributed by atoms with Gasteiger partial charge in [0.05, 0.1) is 6.20 Å². The first-order chi connectivity index (χ1) is 16.3. The normalized spacial score (nSPS) is 12.4. The van der Waals surface area contributed by atoms with E-state index in [4.69, 9.17) is 32.5 Å². The van der Waals surface area contributed by atoms with Gasteiger partial charge in [-0.1, -0.05) is 54.3 Å². The predicted octanol–water partition coefficient (Wildman–Crippen LogP) is 4.49. The zero-order chi connectivity index (χ0) is 26.3. The van der Waals surface area contributed by atoms with Crippen LogP contribution in [0.4, 0.5) is 10.5 Å². The molecule has 0 aliphatic carbocycles. The molecule has 0 aliphatic heterocycles. The van der Waals surface area contributed by atoms with Crippen molar-refractivity contribution in [3.05, 3.63) is 36.5 Å². The van der Waals surface area contributed by atoms with Gasteiger partial charge < -0.3 is 24.4 Å². The molecule has 1 aromatic carbocycles. The number of carbonyl (C=O) groups is 3. The molecular formula is C24H32Cl2N4O5. The largest absolute Gasteiger partial charge is 0.444 e. The quantitative estimate of drug-likeness (QED) is 0.482. The van der Waals surface area contributed by atoms with Gasteiger partial charge in [-0.2, -0.15) is 0 Å². The van der Waals surface area contributed by atoms with Crippen LogP contribution in [0.3, 0.4) is 0 Å². The summed E-state index contributed by atoms with van der Waals surface area (Å²) in [4.78, 5) is 39.2. The fourth-order valence-corrected chi connectivity index (χ4v) is 3.36. The Kier molecular flexibility index (Phi) is 9.97. The molecule has 2 rings (SSSR count). The predicted molar refractivity (Wildman–Crippen MR) is 135 cm³/mol. The Morgan fingerprint density at radius 2 is 1.86 bits per heavy atom. The second-order valence-corrected chi connectivity index (χ2v) is 10.5. The fraction of sp³-hybridized carbons (Fsp3) is 0.500. The highest BCUT2D eigenvalue weighted by Gasteiger charge is 2.29. The second kappa shape index (κ2) is 12.3. The van der Waals surface area contributed by atoms with Crippen LogP contribution in [0.2, 0.25) is 0 Å². The van der Waals surface area contributed by atoms with E-state index in [2.05, 4.69) is 10.5 Å². The monoisotopic (exact) mass is 526 g/mol. The first-order valence-corrected chi connectivity index (χ1v) is 12.0. The number of benzene rings is 1. The first-order valence-electron chi connectivity index (χ1n) is 11.1. The molecule has 3 amide bonds. The Morgan fingerprint density at radius 1 is 1.17 bits per heavy atom. The van der Waals surface area contributed by atoms with Crippen molar-refractivity contribution in [1.82, 2.24) is 15.4 Å². The minimum Gasteiger partial charge on any atom is -0.444 e. The number of nitrogens with zero attached hydrogens (tertiary/aromatic N) is 3. The van der Waals surface area contributed by atoms with Crippen molar-refractivity contribution >= 4 is 46.8 Å². The topological polar surface area (TPSA) is 105 Å². The molecule has 0 aliphatic rings. The summed E-state index contributed by atoms with van der Waals surface area (Å²) in [5.41, 5.74) is 0.562. The van der Waals surface area contributed by atoms with Crippen molar-refractivity contribution in [3.8, 4) is 11.3 Å². The summed E-state index contributed by atoms with van der Waals surface area (Å²) in [6, 6.07) is 8.33. The Balaban J connectivity index is 2.20. The van der Waals surface area contributed by atoms with E-state index in [1.54, 1.807) is 45.0 Å². The first kappa shape index (κ1) is 28.5. The van der Waals surface area contributed by atoms with Crippen molar-refractivity contribution in [2.24, 2.45) is 5.92 Å². The maximum Gasteiger partial charge on any atom is 0.410 e. The number of hydrogen-bond donors (Lipinski definition) is 1. The van der Waals surface area contributed by atoms with E-state index in [0.29, 0.717) is 17.0 Å². The third-order valence-electron chi connectivity index (χ3n) is 4.95. The molecule has 11 heteroatoms. The maximum absolute atomic E-state index is 12.9. The molecule has 1 heterocycles. The van der Waals surface area contributed by atoms with E-state index in [9.17, 15) is 14.4 Å². The highest BCUT2D eigenvalue weighted by atomic mass is 35.5. The number of amides is 3. The van der Waals surface area contributed by atoms with E-state index in [0.717, 1.165) is 0 Å².